The van der Waals surface area contributed by atoms with Crippen molar-refractivity contribution in [3.05, 3.63) is 70.8 Å². The molecule has 7 heteroatoms. The maximum atomic E-state index is 13.4. The lowest BCUT2D eigenvalue weighted by Crippen LogP contribution is -2.51. The van der Waals surface area contributed by atoms with E-state index in [2.05, 4.69) is 0 Å². The number of carbonyl (C=O) groups excluding carboxylic acids is 2. The van der Waals surface area contributed by atoms with Gasteiger partial charge in [0.05, 0.1) is 5.57 Å². The molecule has 4 rings (SSSR count). The van der Waals surface area contributed by atoms with Crippen LogP contribution in [0.4, 0.5) is 8.78 Å². The molecule has 5 nitrogen and oxygen atoms in total. The van der Waals surface area contributed by atoms with E-state index >= 15 is 0 Å². The van der Waals surface area contributed by atoms with Gasteiger partial charge in [-0.2, -0.15) is 0 Å². The summed E-state index contributed by atoms with van der Waals surface area (Å²) in [7, 11) is 0. The number of benzene rings is 2. The number of halogens is 2. The van der Waals surface area contributed by atoms with Crippen molar-refractivity contribution in [1.29, 1.82) is 0 Å². The van der Waals surface area contributed by atoms with Crippen LogP contribution < -0.4 is 4.74 Å². The Morgan fingerprint density at radius 3 is 2.25 bits per heavy atom. The lowest BCUT2D eigenvalue weighted by atomic mass is 10.1. The number of amides is 2. The number of nitrogens with zero attached hydrogens (tertiary/aromatic N) is 2. The second-order valence-electron chi connectivity index (χ2n) is 6.71. The van der Waals surface area contributed by atoms with Gasteiger partial charge >= 0.3 is 0 Å². The van der Waals surface area contributed by atoms with Crippen LogP contribution in [-0.4, -0.2) is 54.4 Å². The van der Waals surface area contributed by atoms with Crippen LogP contribution in [0, 0.1) is 11.6 Å². The van der Waals surface area contributed by atoms with Crippen LogP contribution in [-0.2, 0) is 4.79 Å². The minimum Gasteiger partial charge on any atom is -0.488 e. The number of hydrogen-bond acceptors (Lipinski definition) is 3. The van der Waals surface area contributed by atoms with Crippen molar-refractivity contribution in [1.82, 2.24) is 9.80 Å². The molecule has 0 aromatic heterocycles. The van der Waals surface area contributed by atoms with Crippen molar-refractivity contribution in [2.75, 3.05) is 32.8 Å². The molecule has 1 saturated heterocycles. The quantitative estimate of drug-likeness (QED) is 0.800. The zero-order valence-corrected chi connectivity index (χ0v) is 15.0. The Hall–Kier alpha value is -3.22. The largest absolute Gasteiger partial charge is 0.488 e. The topological polar surface area (TPSA) is 49.9 Å². The molecular formula is C21H18F2N2O3. The van der Waals surface area contributed by atoms with E-state index in [4.69, 9.17) is 4.74 Å². The van der Waals surface area contributed by atoms with Crippen molar-refractivity contribution in [3.8, 4) is 5.75 Å². The molecule has 1 fully saturated rings. The minimum atomic E-state index is -1.05. The van der Waals surface area contributed by atoms with Crippen LogP contribution in [0.2, 0.25) is 0 Å². The van der Waals surface area contributed by atoms with Gasteiger partial charge in [-0.15, -0.1) is 0 Å². The fraction of sp³-hybridized carbons (Fsp3) is 0.238. The molecule has 144 valence electrons. The summed E-state index contributed by atoms with van der Waals surface area (Å²) in [5.41, 5.74) is 1.53. The SMILES string of the molecule is O=C(C1=Cc2ccccc2OC1)N1CCN(C(=O)c2ccc(F)c(F)c2)CC1. The molecule has 0 saturated carbocycles. The third-order valence-corrected chi connectivity index (χ3v) is 4.93. The van der Waals surface area contributed by atoms with Crippen molar-refractivity contribution in [3.63, 3.8) is 0 Å². The number of piperazine rings is 1. The van der Waals surface area contributed by atoms with Gasteiger partial charge in [-0.3, -0.25) is 9.59 Å². The molecule has 2 aliphatic heterocycles. The van der Waals surface area contributed by atoms with Gasteiger partial charge in [0.2, 0.25) is 0 Å². The third kappa shape index (κ3) is 3.47. The average Bonchev–Trinajstić information content (AvgIpc) is 2.74. The first-order chi connectivity index (χ1) is 13.5. The molecule has 2 heterocycles. The summed E-state index contributed by atoms with van der Waals surface area (Å²) in [6.45, 7) is 1.60. The number of carbonyl (C=O) groups is 2. The zero-order chi connectivity index (χ0) is 19.7. The van der Waals surface area contributed by atoms with Crippen LogP contribution in [0.3, 0.4) is 0 Å². The van der Waals surface area contributed by atoms with Gasteiger partial charge in [-0.05, 0) is 30.3 Å². The monoisotopic (exact) mass is 384 g/mol. The van der Waals surface area contributed by atoms with Crippen molar-refractivity contribution < 1.29 is 23.1 Å². The number of hydrogen-bond donors (Lipinski definition) is 0. The highest BCUT2D eigenvalue weighted by Gasteiger charge is 2.28. The van der Waals surface area contributed by atoms with E-state index in [1.165, 1.54) is 11.0 Å². The summed E-state index contributed by atoms with van der Waals surface area (Å²) < 4.78 is 32.1. The summed E-state index contributed by atoms with van der Waals surface area (Å²) in [6.07, 6.45) is 1.83. The van der Waals surface area contributed by atoms with Gasteiger partial charge in [0.25, 0.3) is 11.8 Å². The van der Waals surface area contributed by atoms with Crippen molar-refractivity contribution in [2.24, 2.45) is 0 Å². The predicted molar refractivity (Wildman–Crippen MR) is 98.8 cm³/mol. The van der Waals surface area contributed by atoms with E-state index in [1.807, 2.05) is 30.3 Å². The summed E-state index contributed by atoms with van der Waals surface area (Å²) in [5, 5.41) is 0. The minimum absolute atomic E-state index is 0.0960. The Bertz CT molecular complexity index is 966. The lowest BCUT2D eigenvalue weighted by molar-refractivity contribution is -0.128. The smallest absolute Gasteiger partial charge is 0.254 e. The van der Waals surface area contributed by atoms with Gasteiger partial charge in [0.1, 0.15) is 12.4 Å². The molecule has 0 atom stereocenters. The number of ether oxygens (including phenoxy) is 1. The Morgan fingerprint density at radius 2 is 1.54 bits per heavy atom. The van der Waals surface area contributed by atoms with Crippen LogP contribution in [0.25, 0.3) is 6.08 Å². The summed E-state index contributed by atoms with van der Waals surface area (Å²) >= 11 is 0. The molecule has 2 amide bonds. The molecule has 0 radical (unpaired) electrons. The van der Waals surface area contributed by atoms with E-state index in [9.17, 15) is 18.4 Å². The van der Waals surface area contributed by atoms with E-state index in [0.717, 1.165) is 23.4 Å². The summed E-state index contributed by atoms with van der Waals surface area (Å²) in [5.74, 6) is -1.78. The number of rotatable bonds is 2. The standard InChI is InChI=1S/C21H18F2N2O3/c22-17-6-5-15(12-18(17)23)20(26)24-7-9-25(10-8-24)21(27)16-11-14-3-1-2-4-19(14)28-13-16/h1-6,11-12H,7-10,13H2. The third-order valence-electron chi connectivity index (χ3n) is 4.93. The van der Waals surface area contributed by atoms with Gasteiger partial charge < -0.3 is 14.5 Å². The molecule has 0 aliphatic carbocycles. The Morgan fingerprint density at radius 1 is 0.857 bits per heavy atom. The molecule has 2 aromatic carbocycles. The Balaban J connectivity index is 1.40. The van der Waals surface area contributed by atoms with Crippen LogP contribution >= 0.6 is 0 Å². The normalized spacial score (nSPS) is 16.1. The van der Waals surface area contributed by atoms with Gasteiger partial charge in [-0.25, -0.2) is 8.78 Å². The number of fused-ring (bicyclic) bond motifs is 1. The van der Waals surface area contributed by atoms with Crippen molar-refractivity contribution in [2.45, 2.75) is 0 Å². The molecule has 0 unspecified atom stereocenters. The Labute approximate surface area is 160 Å². The first-order valence-corrected chi connectivity index (χ1v) is 8.99. The average molecular weight is 384 g/mol. The molecule has 2 aliphatic rings. The molecule has 0 spiro atoms. The van der Waals surface area contributed by atoms with Crippen molar-refractivity contribution >= 4 is 17.9 Å². The Kier molecular flexibility index (Phi) is 4.81. The highest BCUT2D eigenvalue weighted by molar-refractivity contribution is 5.99. The van der Waals surface area contributed by atoms with Gasteiger partial charge in [0, 0.05) is 37.3 Å². The fourth-order valence-corrected chi connectivity index (χ4v) is 3.37. The molecule has 28 heavy (non-hydrogen) atoms. The van der Waals surface area contributed by atoms with E-state index in [0.29, 0.717) is 31.8 Å². The van der Waals surface area contributed by atoms with E-state index in [1.54, 1.807) is 4.90 Å². The second-order valence-corrected chi connectivity index (χ2v) is 6.71. The highest BCUT2D eigenvalue weighted by Crippen LogP contribution is 2.26. The maximum Gasteiger partial charge on any atom is 0.254 e. The molecule has 0 N–H and O–H groups in total. The van der Waals surface area contributed by atoms with Crippen LogP contribution in [0.5, 0.6) is 5.75 Å². The predicted octanol–water partition coefficient (Wildman–Crippen LogP) is 2.73. The first-order valence-electron chi connectivity index (χ1n) is 8.99. The zero-order valence-electron chi connectivity index (χ0n) is 15.0. The van der Waals surface area contributed by atoms with Gasteiger partial charge in [-0.1, -0.05) is 18.2 Å². The molecule has 2 aromatic rings. The summed E-state index contributed by atoms with van der Waals surface area (Å²) in [4.78, 5) is 28.5. The number of para-hydroxylation sites is 1. The summed E-state index contributed by atoms with van der Waals surface area (Å²) in [6, 6.07) is 10.6. The van der Waals surface area contributed by atoms with Crippen LogP contribution in [0.15, 0.2) is 48.0 Å². The highest BCUT2D eigenvalue weighted by atomic mass is 19.2. The van der Waals surface area contributed by atoms with Gasteiger partial charge in [0.15, 0.2) is 11.6 Å². The van der Waals surface area contributed by atoms with E-state index in [-0.39, 0.29) is 24.0 Å². The second kappa shape index (κ2) is 7.42. The fourth-order valence-electron chi connectivity index (χ4n) is 3.37. The van der Waals surface area contributed by atoms with Crippen LogP contribution in [0.1, 0.15) is 15.9 Å². The molecule has 0 bridgehead atoms. The maximum absolute atomic E-state index is 13.4. The molecular weight excluding hydrogens is 366 g/mol. The first kappa shape index (κ1) is 18.2. The lowest BCUT2D eigenvalue weighted by Gasteiger charge is -2.35. The van der Waals surface area contributed by atoms with E-state index < -0.39 is 11.6 Å².